The van der Waals surface area contributed by atoms with Crippen molar-refractivity contribution < 1.29 is 8.78 Å². The highest BCUT2D eigenvalue weighted by atomic mass is 32.2. The predicted octanol–water partition coefficient (Wildman–Crippen LogP) is 2.80. The summed E-state index contributed by atoms with van der Waals surface area (Å²) in [6, 6.07) is 2.31. The zero-order valence-electron chi connectivity index (χ0n) is 8.95. The summed E-state index contributed by atoms with van der Waals surface area (Å²) in [4.78, 5) is 7.99. The second-order valence-electron chi connectivity index (χ2n) is 3.42. The number of halogens is 2. The van der Waals surface area contributed by atoms with E-state index in [4.69, 9.17) is 5.73 Å². The summed E-state index contributed by atoms with van der Waals surface area (Å²) in [5.74, 6) is -1.91. The number of aromatic nitrogens is 2. The van der Waals surface area contributed by atoms with Gasteiger partial charge in [0.25, 0.3) is 0 Å². The van der Waals surface area contributed by atoms with Crippen LogP contribution in [0.5, 0.6) is 0 Å². The van der Waals surface area contributed by atoms with E-state index in [1.807, 2.05) is 6.92 Å². The Balaban J connectivity index is 2.36. The number of anilines is 1. The fraction of sp³-hybridized carbons (Fsp3) is 0.0909. The zero-order chi connectivity index (χ0) is 12.4. The summed E-state index contributed by atoms with van der Waals surface area (Å²) in [7, 11) is 0. The molecular formula is C11H9F2N3S. The normalized spacial score (nSPS) is 10.5. The molecule has 0 amide bonds. The van der Waals surface area contributed by atoms with Gasteiger partial charge in [-0.3, -0.25) is 0 Å². The van der Waals surface area contributed by atoms with Crippen LogP contribution >= 0.6 is 11.8 Å². The van der Waals surface area contributed by atoms with Gasteiger partial charge in [0, 0.05) is 18.1 Å². The van der Waals surface area contributed by atoms with Gasteiger partial charge >= 0.3 is 0 Å². The van der Waals surface area contributed by atoms with Crippen molar-refractivity contribution in [2.45, 2.75) is 17.0 Å². The molecule has 0 radical (unpaired) electrons. The number of rotatable bonds is 2. The van der Waals surface area contributed by atoms with E-state index in [2.05, 4.69) is 9.97 Å². The second-order valence-corrected chi connectivity index (χ2v) is 4.40. The average molecular weight is 253 g/mol. The van der Waals surface area contributed by atoms with Crippen LogP contribution in [0.3, 0.4) is 0 Å². The molecule has 6 heteroatoms. The van der Waals surface area contributed by atoms with Gasteiger partial charge in [-0.1, -0.05) is 0 Å². The number of aryl methyl sites for hydroxylation is 1. The molecule has 0 aliphatic heterocycles. The van der Waals surface area contributed by atoms with Crippen LogP contribution in [-0.2, 0) is 0 Å². The molecule has 1 aromatic heterocycles. The minimum atomic E-state index is -0.973. The molecule has 0 bridgehead atoms. The Labute approximate surface area is 101 Å². The first-order chi connectivity index (χ1) is 8.08. The van der Waals surface area contributed by atoms with Gasteiger partial charge < -0.3 is 5.73 Å². The Hall–Kier alpha value is -1.69. The lowest BCUT2D eigenvalue weighted by Crippen LogP contribution is -1.96. The summed E-state index contributed by atoms with van der Waals surface area (Å²) in [5, 5.41) is 0.326. The van der Waals surface area contributed by atoms with E-state index in [1.165, 1.54) is 6.07 Å². The van der Waals surface area contributed by atoms with Crippen LogP contribution in [0.25, 0.3) is 0 Å². The minimum Gasteiger partial charge on any atom is -0.398 e. The van der Waals surface area contributed by atoms with E-state index in [-0.39, 0.29) is 10.6 Å². The molecule has 0 aliphatic carbocycles. The maximum atomic E-state index is 13.5. The van der Waals surface area contributed by atoms with Crippen LogP contribution in [0, 0.1) is 18.6 Å². The molecule has 17 heavy (non-hydrogen) atoms. The number of hydrogen-bond acceptors (Lipinski definition) is 4. The first kappa shape index (κ1) is 11.8. The smallest absolute Gasteiger partial charge is 0.192 e. The molecule has 0 saturated carbocycles. The third-order valence-electron chi connectivity index (χ3n) is 2.03. The van der Waals surface area contributed by atoms with Crippen molar-refractivity contribution in [3.05, 3.63) is 41.7 Å². The molecule has 1 heterocycles. The molecule has 88 valence electrons. The van der Waals surface area contributed by atoms with Gasteiger partial charge in [0.2, 0.25) is 0 Å². The lowest BCUT2D eigenvalue weighted by molar-refractivity contribution is 0.492. The van der Waals surface area contributed by atoms with Crippen LogP contribution in [-0.4, -0.2) is 9.97 Å². The van der Waals surface area contributed by atoms with Crippen molar-refractivity contribution in [3.8, 4) is 0 Å². The highest BCUT2D eigenvalue weighted by molar-refractivity contribution is 7.99. The SMILES string of the molecule is Cc1cnc(Sc2c(N)ccc(F)c2F)nc1. The molecule has 0 fully saturated rings. The Kier molecular flexibility index (Phi) is 3.23. The maximum absolute atomic E-state index is 13.5. The van der Waals surface area contributed by atoms with Crippen LogP contribution in [0.15, 0.2) is 34.6 Å². The van der Waals surface area contributed by atoms with Gasteiger partial charge in [0.1, 0.15) is 0 Å². The molecule has 0 unspecified atom stereocenters. The number of nitrogens with two attached hydrogens (primary N) is 1. The van der Waals surface area contributed by atoms with Crippen molar-refractivity contribution in [3.63, 3.8) is 0 Å². The van der Waals surface area contributed by atoms with Crippen molar-refractivity contribution in [2.24, 2.45) is 0 Å². The number of nitrogens with zero attached hydrogens (tertiary/aromatic N) is 2. The molecular weight excluding hydrogens is 244 g/mol. The molecule has 0 spiro atoms. The Morgan fingerprint density at radius 1 is 1.18 bits per heavy atom. The molecule has 0 saturated heterocycles. The monoisotopic (exact) mass is 253 g/mol. The first-order valence-corrected chi connectivity index (χ1v) is 5.59. The Bertz CT molecular complexity index is 543. The van der Waals surface area contributed by atoms with Gasteiger partial charge in [-0.05, 0) is 36.4 Å². The summed E-state index contributed by atoms with van der Waals surface area (Å²) in [5.41, 5.74) is 6.64. The van der Waals surface area contributed by atoms with Crippen LogP contribution < -0.4 is 5.73 Å². The van der Waals surface area contributed by atoms with E-state index in [9.17, 15) is 8.78 Å². The van der Waals surface area contributed by atoms with Crippen molar-refractivity contribution in [2.75, 3.05) is 5.73 Å². The standard InChI is InChI=1S/C11H9F2N3S/c1-6-4-15-11(16-5-6)17-10-8(14)3-2-7(12)9(10)13/h2-5H,14H2,1H3. The largest absolute Gasteiger partial charge is 0.398 e. The lowest BCUT2D eigenvalue weighted by Gasteiger charge is -2.06. The van der Waals surface area contributed by atoms with E-state index in [1.54, 1.807) is 12.4 Å². The van der Waals surface area contributed by atoms with Crippen LogP contribution in [0.1, 0.15) is 5.56 Å². The summed E-state index contributed by atoms with van der Waals surface area (Å²) < 4.78 is 26.5. The second kappa shape index (κ2) is 4.67. The van der Waals surface area contributed by atoms with Crippen LogP contribution in [0.4, 0.5) is 14.5 Å². The van der Waals surface area contributed by atoms with Crippen LogP contribution in [0.2, 0.25) is 0 Å². The molecule has 2 N–H and O–H groups in total. The molecule has 0 aliphatic rings. The Morgan fingerprint density at radius 3 is 2.47 bits per heavy atom. The number of hydrogen-bond donors (Lipinski definition) is 1. The van der Waals surface area contributed by atoms with Crippen molar-refractivity contribution in [1.29, 1.82) is 0 Å². The third kappa shape index (κ3) is 2.52. The number of benzene rings is 1. The highest BCUT2D eigenvalue weighted by Crippen LogP contribution is 2.33. The Morgan fingerprint density at radius 2 is 1.82 bits per heavy atom. The molecule has 1 aromatic carbocycles. The summed E-state index contributed by atoms with van der Waals surface area (Å²) >= 11 is 0.901. The van der Waals surface area contributed by atoms with Crippen molar-refractivity contribution >= 4 is 17.4 Å². The van der Waals surface area contributed by atoms with Gasteiger partial charge in [-0.25, -0.2) is 18.7 Å². The predicted molar refractivity (Wildman–Crippen MR) is 61.7 cm³/mol. The molecule has 2 aromatic rings. The van der Waals surface area contributed by atoms with E-state index in [0.29, 0.717) is 5.16 Å². The maximum Gasteiger partial charge on any atom is 0.192 e. The first-order valence-electron chi connectivity index (χ1n) is 4.78. The van der Waals surface area contributed by atoms with Gasteiger partial charge in [-0.2, -0.15) is 0 Å². The fourth-order valence-corrected chi connectivity index (χ4v) is 1.94. The van der Waals surface area contributed by atoms with Gasteiger partial charge in [-0.15, -0.1) is 0 Å². The fourth-order valence-electron chi connectivity index (χ4n) is 1.18. The lowest BCUT2D eigenvalue weighted by atomic mass is 10.3. The quantitative estimate of drug-likeness (QED) is 0.660. The topological polar surface area (TPSA) is 51.8 Å². The molecule has 0 atom stereocenters. The average Bonchev–Trinajstić information content (AvgIpc) is 2.32. The zero-order valence-corrected chi connectivity index (χ0v) is 9.76. The minimum absolute atomic E-state index is 0.00820. The third-order valence-corrected chi connectivity index (χ3v) is 3.04. The molecule has 3 nitrogen and oxygen atoms in total. The summed E-state index contributed by atoms with van der Waals surface area (Å²) in [6.07, 6.45) is 3.20. The highest BCUT2D eigenvalue weighted by Gasteiger charge is 2.14. The van der Waals surface area contributed by atoms with E-state index < -0.39 is 11.6 Å². The molecule has 2 rings (SSSR count). The van der Waals surface area contributed by atoms with Gasteiger partial charge in [0.05, 0.1) is 4.90 Å². The van der Waals surface area contributed by atoms with Crippen molar-refractivity contribution in [1.82, 2.24) is 9.97 Å². The van der Waals surface area contributed by atoms with Gasteiger partial charge in [0.15, 0.2) is 16.8 Å². The van der Waals surface area contributed by atoms with E-state index in [0.717, 1.165) is 23.4 Å². The number of nitrogen functional groups attached to an aromatic ring is 1. The summed E-state index contributed by atoms with van der Waals surface area (Å²) in [6.45, 7) is 1.84. The van der Waals surface area contributed by atoms with E-state index >= 15 is 0 Å².